The molecule has 1 unspecified atom stereocenters. The second-order valence-electron chi connectivity index (χ2n) is 3.82. The van der Waals surface area contributed by atoms with Gasteiger partial charge in [0, 0.05) is 32.4 Å². The molecular weight excluding hydrogens is 222 g/mol. The van der Waals surface area contributed by atoms with Crippen molar-refractivity contribution in [2.45, 2.75) is 32.4 Å². The number of aryl methyl sites for hydroxylation is 1. The van der Waals surface area contributed by atoms with Crippen LogP contribution in [0.1, 0.15) is 19.8 Å². The van der Waals surface area contributed by atoms with Crippen molar-refractivity contribution in [2.24, 2.45) is 0 Å². The molecule has 0 saturated heterocycles. The molecule has 0 fully saturated rings. The minimum atomic E-state index is -0.967. The molecule has 1 N–H and O–H groups in total. The summed E-state index contributed by atoms with van der Waals surface area (Å²) in [7, 11) is 1.53. The number of carbonyl (C=O) groups is 2. The fourth-order valence-electron chi connectivity index (χ4n) is 1.61. The fourth-order valence-corrected chi connectivity index (χ4v) is 1.61. The van der Waals surface area contributed by atoms with Crippen molar-refractivity contribution >= 4 is 11.9 Å². The molecule has 1 rings (SSSR count). The Morgan fingerprint density at radius 2 is 2.24 bits per heavy atom. The summed E-state index contributed by atoms with van der Waals surface area (Å²) >= 11 is 0. The first-order valence-electron chi connectivity index (χ1n) is 5.50. The van der Waals surface area contributed by atoms with E-state index in [1.807, 2.05) is 0 Å². The highest BCUT2D eigenvalue weighted by atomic mass is 16.4. The molecule has 1 amide bonds. The van der Waals surface area contributed by atoms with Gasteiger partial charge >= 0.3 is 5.97 Å². The zero-order valence-corrected chi connectivity index (χ0v) is 10.0. The monoisotopic (exact) mass is 239 g/mol. The Morgan fingerprint density at radius 1 is 1.53 bits per heavy atom. The van der Waals surface area contributed by atoms with E-state index in [1.165, 1.54) is 11.9 Å². The number of hydrogen-bond donors (Lipinski definition) is 1. The Labute approximate surface area is 99.9 Å². The van der Waals surface area contributed by atoms with Gasteiger partial charge in [-0.05, 0) is 6.42 Å². The average Bonchev–Trinajstić information content (AvgIpc) is 2.78. The molecule has 0 saturated carbocycles. The minimum Gasteiger partial charge on any atom is -0.480 e. The number of carboxylic acid groups (broad SMARTS) is 1. The van der Waals surface area contributed by atoms with E-state index in [1.54, 1.807) is 30.2 Å². The van der Waals surface area contributed by atoms with Gasteiger partial charge in [0.25, 0.3) is 0 Å². The third-order valence-corrected chi connectivity index (χ3v) is 2.68. The van der Waals surface area contributed by atoms with Crippen LogP contribution in [-0.4, -0.2) is 44.5 Å². The van der Waals surface area contributed by atoms with E-state index in [4.69, 9.17) is 5.11 Å². The Kier molecular flexibility index (Phi) is 4.68. The Bertz CT molecular complexity index is 375. The van der Waals surface area contributed by atoms with Crippen LogP contribution < -0.4 is 0 Å². The predicted octanol–water partition coefficient (Wildman–Crippen LogP) is 0.595. The zero-order valence-electron chi connectivity index (χ0n) is 10.0. The molecule has 1 atom stereocenters. The van der Waals surface area contributed by atoms with Crippen LogP contribution in [0, 0.1) is 0 Å². The number of amides is 1. The van der Waals surface area contributed by atoms with Gasteiger partial charge in [-0.25, -0.2) is 9.78 Å². The number of rotatable bonds is 6. The van der Waals surface area contributed by atoms with E-state index >= 15 is 0 Å². The van der Waals surface area contributed by atoms with Gasteiger partial charge in [-0.15, -0.1) is 0 Å². The van der Waals surface area contributed by atoms with Crippen molar-refractivity contribution < 1.29 is 14.7 Å². The summed E-state index contributed by atoms with van der Waals surface area (Å²) in [5, 5.41) is 8.94. The van der Waals surface area contributed by atoms with Crippen LogP contribution in [0.15, 0.2) is 18.7 Å². The highest BCUT2D eigenvalue weighted by Gasteiger charge is 2.24. The van der Waals surface area contributed by atoms with Crippen LogP contribution >= 0.6 is 0 Å². The van der Waals surface area contributed by atoms with E-state index in [2.05, 4.69) is 4.98 Å². The third-order valence-electron chi connectivity index (χ3n) is 2.68. The number of carbonyl (C=O) groups excluding carboxylic acids is 1. The largest absolute Gasteiger partial charge is 0.480 e. The van der Waals surface area contributed by atoms with Gasteiger partial charge in [-0.2, -0.15) is 0 Å². The number of carboxylic acids is 1. The third kappa shape index (κ3) is 3.58. The van der Waals surface area contributed by atoms with Gasteiger partial charge in [0.05, 0.1) is 6.33 Å². The smallest absolute Gasteiger partial charge is 0.326 e. The molecule has 0 aliphatic heterocycles. The van der Waals surface area contributed by atoms with Crippen LogP contribution in [-0.2, 0) is 16.1 Å². The van der Waals surface area contributed by atoms with Crippen molar-refractivity contribution in [3.05, 3.63) is 18.7 Å². The Morgan fingerprint density at radius 3 is 2.71 bits per heavy atom. The normalized spacial score (nSPS) is 12.1. The van der Waals surface area contributed by atoms with Crippen LogP contribution in [0.5, 0.6) is 0 Å². The summed E-state index contributed by atoms with van der Waals surface area (Å²) in [6.07, 6.45) is 5.71. The number of imidazole rings is 1. The van der Waals surface area contributed by atoms with Gasteiger partial charge in [0.15, 0.2) is 0 Å². The molecule has 17 heavy (non-hydrogen) atoms. The van der Waals surface area contributed by atoms with Crippen molar-refractivity contribution in [1.82, 2.24) is 14.5 Å². The summed E-state index contributed by atoms with van der Waals surface area (Å²) in [4.78, 5) is 27.8. The topological polar surface area (TPSA) is 75.4 Å². The first kappa shape index (κ1) is 13.2. The van der Waals surface area contributed by atoms with E-state index in [0.29, 0.717) is 13.0 Å². The molecule has 6 nitrogen and oxygen atoms in total. The summed E-state index contributed by atoms with van der Waals surface area (Å²) in [6, 6.07) is -0.745. The molecule has 0 radical (unpaired) electrons. The second kappa shape index (κ2) is 6.03. The number of aromatic nitrogens is 2. The molecule has 6 heteroatoms. The highest BCUT2D eigenvalue weighted by Crippen LogP contribution is 2.05. The number of nitrogens with zero attached hydrogens (tertiary/aromatic N) is 3. The first-order valence-corrected chi connectivity index (χ1v) is 5.50. The maximum Gasteiger partial charge on any atom is 0.326 e. The molecule has 0 aromatic carbocycles. The predicted molar refractivity (Wildman–Crippen MR) is 61.3 cm³/mol. The second-order valence-corrected chi connectivity index (χ2v) is 3.82. The molecule has 1 aromatic heterocycles. The number of aliphatic carboxylic acids is 1. The molecular formula is C11H17N3O3. The lowest BCUT2D eigenvalue weighted by Gasteiger charge is -2.23. The van der Waals surface area contributed by atoms with Crippen LogP contribution in [0.2, 0.25) is 0 Å². The number of likely N-dealkylation sites (N-methyl/N-ethyl adjacent to an activating group) is 1. The Hall–Kier alpha value is -1.85. The molecule has 0 spiro atoms. The van der Waals surface area contributed by atoms with Crippen LogP contribution in [0.4, 0.5) is 0 Å². The van der Waals surface area contributed by atoms with Crippen molar-refractivity contribution in [3.8, 4) is 0 Å². The Balaban J connectivity index is 2.49. The van der Waals surface area contributed by atoms with E-state index < -0.39 is 12.0 Å². The molecule has 0 bridgehead atoms. The quantitative estimate of drug-likeness (QED) is 0.788. The maximum atomic E-state index is 11.8. The molecule has 0 aliphatic carbocycles. The SMILES string of the molecule is CCC(C(=O)O)N(C)C(=O)CCn1ccnc1. The van der Waals surface area contributed by atoms with E-state index in [0.717, 1.165) is 0 Å². The zero-order chi connectivity index (χ0) is 12.8. The van der Waals surface area contributed by atoms with Crippen molar-refractivity contribution in [1.29, 1.82) is 0 Å². The lowest BCUT2D eigenvalue weighted by Crippen LogP contribution is -2.42. The molecule has 94 valence electrons. The lowest BCUT2D eigenvalue weighted by atomic mass is 10.2. The highest BCUT2D eigenvalue weighted by molar-refractivity contribution is 5.83. The summed E-state index contributed by atoms with van der Waals surface area (Å²) in [5.74, 6) is -1.14. The molecule has 0 aliphatic rings. The summed E-state index contributed by atoms with van der Waals surface area (Å²) in [5.41, 5.74) is 0. The average molecular weight is 239 g/mol. The van der Waals surface area contributed by atoms with Gasteiger partial charge in [0.2, 0.25) is 5.91 Å². The molecule has 1 heterocycles. The van der Waals surface area contributed by atoms with Crippen LogP contribution in [0.3, 0.4) is 0 Å². The fraction of sp³-hybridized carbons (Fsp3) is 0.545. The lowest BCUT2D eigenvalue weighted by molar-refractivity contribution is -0.149. The van der Waals surface area contributed by atoms with Gasteiger partial charge in [-0.1, -0.05) is 6.92 Å². The minimum absolute atomic E-state index is 0.173. The van der Waals surface area contributed by atoms with Gasteiger partial charge < -0.3 is 14.6 Å². The maximum absolute atomic E-state index is 11.8. The summed E-state index contributed by atoms with van der Waals surface area (Å²) < 4.78 is 1.79. The van der Waals surface area contributed by atoms with E-state index in [9.17, 15) is 9.59 Å². The van der Waals surface area contributed by atoms with Crippen molar-refractivity contribution in [3.63, 3.8) is 0 Å². The first-order chi connectivity index (χ1) is 8.06. The number of hydrogen-bond acceptors (Lipinski definition) is 3. The van der Waals surface area contributed by atoms with Gasteiger partial charge in [-0.3, -0.25) is 4.79 Å². The van der Waals surface area contributed by atoms with Gasteiger partial charge in [0.1, 0.15) is 6.04 Å². The van der Waals surface area contributed by atoms with Crippen LogP contribution in [0.25, 0.3) is 0 Å². The standard InChI is InChI=1S/C11H17N3O3/c1-3-9(11(16)17)13(2)10(15)4-6-14-7-5-12-8-14/h5,7-9H,3-4,6H2,1-2H3,(H,16,17). The van der Waals surface area contributed by atoms with Crippen molar-refractivity contribution in [2.75, 3.05) is 7.05 Å². The van der Waals surface area contributed by atoms with E-state index in [-0.39, 0.29) is 12.3 Å². The molecule has 1 aromatic rings. The summed E-state index contributed by atoms with van der Waals surface area (Å²) in [6.45, 7) is 2.26.